The monoisotopic (exact) mass is 335 g/mol. The Bertz CT molecular complexity index is 300. The topological polar surface area (TPSA) is 103 Å². The number of carboxylic acid groups (broad SMARTS) is 1. The third-order valence-corrected chi connectivity index (χ3v) is 2.60. The Hall–Kier alpha value is -1.22. The Morgan fingerprint density at radius 3 is 1.74 bits per heavy atom. The molecular weight excluding hydrogens is 306 g/mol. The number of carbonyl (C=O) groups is 2. The van der Waals surface area contributed by atoms with Crippen LogP contribution in [0.4, 0.5) is 0 Å². The van der Waals surface area contributed by atoms with E-state index >= 15 is 0 Å². The molecule has 8 heteroatoms. The molecule has 0 unspecified atom stereocenters. The summed E-state index contributed by atoms with van der Waals surface area (Å²) in [5, 5.41) is 10.9. The van der Waals surface area contributed by atoms with E-state index in [1.54, 1.807) is 0 Å². The molecule has 0 bridgehead atoms. The van der Waals surface area contributed by atoms with Gasteiger partial charge in [0, 0.05) is 19.6 Å². The molecule has 0 fully saturated rings. The highest BCUT2D eigenvalue weighted by Crippen LogP contribution is 1.87. The number of carbonyl (C=O) groups excluding carboxylic acids is 1. The molecule has 1 amide bonds. The van der Waals surface area contributed by atoms with Crippen molar-refractivity contribution in [2.75, 3.05) is 59.4 Å². The average Bonchev–Trinajstić information content (AvgIpc) is 2.51. The molecule has 0 atom stereocenters. The Kier molecular flexibility index (Phi) is 16.2. The number of amides is 1. The van der Waals surface area contributed by atoms with Crippen molar-refractivity contribution in [1.29, 1.82) is 0 Å². The zero-order valence-corrected chi connectivity index (χ0v) is 13.9. The van der Waals surface area contributed by atoms with Crippen LogP contribution in [0.15, 0.2) is 0 Å². The van der Waals surface area contributed by atoms with Crippen molar-refractivity contribution in [2.24, 2.45) is 0 Å². The fourth-order valence-electron chi connectivity index (χ4n) is 1.47. The van der Waals surface area contributed by atoms with Crippen molar-refractivity contribution in [3.05, 3.63) is 0 Å². The van der Waals surface area contributed by atoms with Gasteiger partial charge in [-0.1, -0.05) is 6.92 Å². The molecule has 0 rings (SSSR count). The van der Waals surface area contributed by atoms with E-state index in [0.29, 0.717) is 39.6 Å². The van der Waals surface area contributed by atoms with Crippen molar-refractivity contribution >= 4 is 11.9 Å². The summed E-state index contributed by atoms with van der Waals surface area (Å²) in [5.41, 5.74) is 0. The van der Waals surface area contributed by atoms with Crippen LogP contribution in [0.2, 0.25) is 0 Å². The maximum absolute atomic E-state index is 11.3. The van der Waals surface area contributed by atoms with E-state index in [1.807, 2.05) is 0 Å². The lowest BCUT2D eigenvalue weighted by molar-refractivity contribution is -0.136. The molecule has 0 radical (unpaired) electrons. The number of rotatable bonds is 17. The molecule has 0 spiro atoms. The first-order chi connectivity index (χ1) is 11.2. The van der Waals surface area contributed by atoms with E-state index in [-0.39, 0.29) is 31.9 Å². The van der Waals surface area contributed by atoms with Gasteiger partial charge in [0.25, 0.3) is 0 Å². The summed E-state index contributed by atoms with van der Waals surface area (Å²) in [6, 6.07) is 0. The normalized spacial score (nSPS) is 10.7. The standard InChI is InChI=1S/C15H29NO7/c1-2-6-20-8-10-22-12-13-23-11-9-21-7-4-14(17)16-5-3-15(18)19/h2-13H2,1H3,(H,16,17)(H,18,19). The first kappa shape index (κ1) is 21.8. The zero-order valence-electron chi connectivity index (χ0n) is 13.9. The minimum absolute atomic E-state index is 0.0762. The predicted octanol–water partition coefficient (Wildman–Crippen LogP) is 0.444. The molecular formula is C15H29NO7. The van der Waals surface area contributed by atoms with Crippen LogP contribution in [0, 0.1) is 0 Å². The summed E-state index contributed by atoms with van der Waals surface area (Å²) in [5.74, 6) is -1.15. The summed E-state index contributed by atoms with van der Waals surface area (Å²) in [6.07, 6.45) is 1.14. The zero-order chi connectivity index (χ0) is 17.2. The second-order valence-electron chi connectivity index (χ2n) is 4.69. The molecule has 0 aliphatic rings. The van der Waals surface area contributed by atoms with E-state index in [2.05, 4.69) is 12.2 Å². The highest BCUT2D eigenvalue weighted by molar-refractivity contribution is 5.76. The number of aliphatic carboxylic acids is 1. The van der Waals surface area contributed by atoms with E-state index < -0.39 is 5.97 Å². The average molecular weight is 335 g/mol. The molecule has 0 saturated heterocycles. The molecule has 0 heterocycles. The Morgan fingerprint density at radius 1 is 0.783 bits per heavy atom. The summed E-state index contributed by atoms with van der Waals surface area (Å²) in [4.78, 5) is 21.5. The molecule has 0 aliphatic heterocycles. The fourth-order valence-corrected chi connectivity index (χ4v) is 1.47. The molecule has 2 N–H and O–H groups in total. The quantitative estimate of drug-likeness (QED) is 0.372. The molecule has 0 aromatic rings. The van der Waals surface area contributed by atoms with Crippen LogP contribution in [0.3, 0.4) is 0 Å². The second kappa shape index (κ2) is 17.1. The largest absolute Gasteiger partial charge is 0.481 e. The molecule has 0 aromatic heterocycles. The van der Waals surface area contributed by atoms with Gasteiger partial charge in [-0.15, -0.1) is 0 Å². The number of nitrogens with one attached hydrogen (secondary N) is 1. The summed E-state index contributed by atoms with van der Waals surface area (Å²) in [7, 11) is 0. The van der Waals surface area contributed by atoms with Crippen LogP contribution >= 0.6 is 0 Å². The van der Waals surface area contributed by atoms with Crippen molar-refractivity contribution in [3.63, 3.8) is 0 Å². The molecule has 8 nitrogen and oxygen atoms in total. The maximum Gasteiger partial charge on any atom is 0.305 e. The van der Waals surface area contributed by atoms with Crippen molar-refractivity contribution in [1.82, 2.24) is 5.32 Å². The Labute approximate surface area is 137 Å². The van der Waals surface area contributed by atoms with Crippen molar-refractivity contribution in [2.45, 2.75) is 26.2 Å². The first-order valence-corrected chi connectivity index (χ1v) is 7.96. The minimum atomic E-state index is -0.934. The molecule has 23 heavy (non-hydrogen) atoms. The first-order valence-electron chi connectivity index (χ1n) is 7.96. The van der Waals surface area contributed by atoms with E-state index in [4.69, 9.17) is 24.1 Å². The van der Waals surface area contributed by atoms with Crippen molar-refractivity contribution < 1.29 is 33.6 Å². The molecule has 0 saturated carbocycles. The van der Waals surface area contributed by atoms with E-state index in [0.717, 1.165) is 13.0 Å². The maximum atomic E-state index is 11.3. The number of hydrogen-bond acceptors (Lipinski definition) is 6. The third kappa shape index (κ3) is 18.7. The van der Waals surface area contributed by atoms with Gasteiger partial charge in [-0.05, 0) is 6.42 Å². The van der Waals surface area contributed by atoms with Gasteiger partial charge in [-0.25, -0.2) is 0 Å². The van der Waals surface area contributed by atoms with Crippen LogP contribution in [-0.4, -0.2) is 76.4 Å². The number of hydrogen-bond donors (Lipinski definition) is 2. The van der Waals surface area contributed by atoms with Crippen LogP contribution in [0.25, 0.3) is 0 Å². The van der Waals surface area contributed by atoms with Crippen LogP contribution in [-0.2, 0) is 28.5 Å². The molecule has 0 aromatic carbocycles. The van der Waals surface area contributed by atoms with Gasteiger partial charge >= 0.3 is 5.97 Å². The molecule has 136 valence electrons. The number of ether oxygens (including phenoxy) is 4. The van der Waals surface area contributed by atoms with Gasteiger partial charge in [0.15, 0.2) is 0 Å². The lowest BCUT2D eigenvalue weighted by atomic mass is 10.4. The summed E-state index contributed by atoms with van der Waals surface area (Å²) >= 11 is 0. The second-order valence-corrected chi connectivity index (χ2v) is 4.69. The minimum Gasteiger partial charge on any atom is -0.481 e. The van der Waals surface area contributed by atoms with Gasteiger partial charge in [0.05, 0.1) is 52.7 Å². The highest BCUT2D eigenvalue weighted by Gasteiger charge is 2.02. The molecule has 0 aliphatic carbocycles. The predicted molar refractivity (Wildman–Crippen MR) is 83.4 cm³/mol. The van der Waals surface area contributed by atoms with E-state index in [9.17, 15) is 9.59 Å². The highest BCUT2D eigenvalue weighted by atomic mass is 16.6. The number of carboxylic acids is 1. The van der Waals surface area contributed by atoms with Gasteiger partial charge in [-0.2, -0.15) is 0 Å². The van der Waals surface area contributed by atoms with Crippen molar-refractivity contribution in [3.8, 4) is 0 Å². The van der Waals surface area contributed by atoms with Gasteiger partial charge in [0.2, 0.25) is 5.91 Å². The summed E-state index contributed by atoms with van der Waals surface area (Å²) in [6.45, 7) is 6.26. The lowest BCUT2D eigenvalue weighted by Crippen LogP contribution is -2.27. The third-order valence-electron chi connectivity index (χ3n) is 2.60. The van der Waals surface area contributed by atoms with E-state index in [1.165, 1.54) is 0 Å². The smallest absolute Gasteiger partial charge is 0.305 e. The summed E-state index contributed by atoms with van der Waals surface area (Å²) < 4.78 is 21.1. The Morgan fingerprint density at radius 2 is 1.26 bits per heavy atom. The Balaban J connectivity index is 3.12. The van der Waals surface area contributed by atoms with Gasteiger partial charge in [0.1, 0.15) is 0 Å². The van der Waals surface area contributed by atoms with Gasteiger partial charge < -0.3 is 29.4 Å². The lowest BCUT2D eigenvalue weighted by Gasteiger charge is -2.07. The SMILES string of the molecule is CCCOCCOCCOCCOCCC(=O)NCCC(=O)O. The van der Waals surface area contributed by atoms with Crippen LogP contribution in [0.1, 0.15) is 26.2 Å². The fraction of sp³-hybridized carbons (Fsp3) is 0.867. The van der Waals surface area contributed by atoms with Crippen LogP contribution < -0.4 is 5.32 Å². The van der Waals surface area contributed by atoms with Crippen LogP contribution in [0.5, 0.6) is 0 Å². The van der Waals surface area contributed by atoms with Gasteiger partial charge in [-0.3, -0.25) is 9.59 Å².